The molecule has 1 saturated heterocycles. The van der Waals surface area contributed by atoms with Gasteiger partial charge in [-0.1, -0.05) is 26.0 Å². The number of carbonyl (C=O) groups excluding carboxylic acids is 2. The number of carbonyl (C=O) groups is 2. The number of likely N-dealkylation sites (tertiary alicyclic amines) is 1. The van der Waals surface area contributed by atoms with Crippen LogP contribution in [0.2, 0.25) is 0 Å². The van der Waals surface area contributed by atoms with E-state index in [1.54, 1.807) is 12.1 Å². The summed E-state index contributed by atoms with van der Waals surface area (Å²) < 4.78 is 5.53. The van der Waals surface area contributed by atoms with Crippen molar-refractivity contribution in [2.24, 2.45) is 17.3 Å². The van der Waals surface area contributed by atoms with Crippen molar-refractivity contribution in [1.29, 1.82) is 0 Å². The monoisotopic (exact) mass is 274 g/mol. The van der Waals surface area contributed by atoms with Crippen molar-refractivity contribution in [3.05, 3.63) is 24.3 Å². The van der Waals surface area contributed by atoms with Crippen LogP contribution in [0, 0.1) is 17.3 Å². The molecule has 5 heteroatoms. The lowest BCUT2D eigenvalue weighted by Crippen LogP contribution is -2.39. The molecular weight excluding hydrogens is 256 g/mol. The summed E-state index contributed by atoms with van der Waals surface area (Å²) in [6.45, 7) is 4.49. The number of nitrogens with zero attached hydrogens (tertiary/aromatic N) is 1. The topological polar surface area (TPSA) is 72.6 Å². The number of imide groups is 1. The van der Waals surface area contributed by atoms with Crippen LogP contribution in [0.25, 0.3) is 0 Å². The first-order valence-electron chi connectivity index (χ1n) is 6.77. The predicted molar refractivity (Wildman–Crippen MR) is 73.8 cm³/mol. The van der Waals surface area contributed by atoms with Gasteiger partial charge in [-0.25, -0.2) is 0 Å². The molecule has 0 aromatic heterocycles. The van der Waals surface area contributed by atoms with E-state index in [1.165, 1.54) is 4.90 Å². The molecule has 1 aromatic carbocycles. The highest BCUT2D eigenvalue weighted by molar-refractivity contribution is 6.10. The standard InChI is InChI=1S/C15H18N2O3/c1-15(2)11-12(15)14(19)17(13(11)18)7-8-20-10-6-4-3-5-9(10)16/h3-6,11-12H,7-8,16H2,1-2H3. The summed E-state index contributed by atoms with van der Waals surface area (Å²) in [5.74, 6) is 0.204. The molecule has 106 valence electrons. The van der Waals surface area contributed by atoms with E-state index >= 15 is 0 Å². The number of benzene rings is 1. The average molecular weight is 274 g/mol. The van der Waals surface area contributed by atoms with E-state index in [2.05, 4.69) is 0 Å². The second-order valence-electron chi connectivity index (χ2n) is 5.99. The molecule has 0 bridgehead atoms. The van der Waals surface area contributed by atoms with Crippen LogP contribution in [-0.2, 0) is 9.59 Å². The summed E-state index contributed by atoms with van der Waals surface area (Å²) in [6, 6.07) is 7.17. The summed E-state index contributed by atoms with van der Waals surface area (Å²) in [5.41, 5.74) is 6.16. The van der Waals surface area contributed by atoms with E-state index in [4.69, 9.17) is 10.5 Å². The highest BCUT2D eigenvalue weighted by Crippen LogP contribution is 2.63. The number of para-hydroxylation sites is 2. The first-order valence-corrected chi connectivity index (χ1v) is 6.77. The second-order valence-corrected chi connectivity index (χ2v) is 5.99. The quantitative estimate of drug-likeness (QED) is 0.663. The maximum absolute atomic E-state index is 12.1. The largest absolute Gasteiger partial charge is 0.490 e. The highest BCUT2D eigenvalue weighted by Gasteiger charge is 2.72. The first kappa shape index (κ1) is 13.0. The van der Waals surface area contributed by atoms with Crippen LogP contribution in [0.1, 0.15) is 13.8 Å². The minimum Gasteiger partial charge on any atom is -0.490 e. The highest BCUT2D eigenvalue weighted by atomic mass is 16.5. The molecule has 1 aliphatic carbocycles. The predicted octanol–water partition coefficient (Wildman–Crippen LogP) is 1.29. The van der Waals surface area contributed by atoms with Gasteiger partial charge in [0, 0.05) is 0 Å². The van der Waals surface area contributed by atoms with Gasteiger partial charge in [-0.2, -0.15) is 0 Å². The molecule has 2 fully saturated rings. The fourth-order valence-electron chi connectivity index (χ4n) is 3.08. The maximum Gasteiger partial charge on any atom is 0.233 e. The Morgan fingerprint density at radius 1 is 1.20 bits per heavy atom. The first-order chi connectivity index (χ1) is 9.44. The molecular formula is C15H18N2O3. The van der Waals surface area contributed by atoms with Gasteiger partial charge >= 0.3 is 0 Å². The number of ether oxygens (including phenoxy) is 1. The Bertz CT molecular complexity index is 558. The number of nitrogens with two attached hydrogens (primary N) is 1. The fraction of sp³-hybridized carbons (Fsp3) is 0.467. The minimum atomic E-state index is -0.157. The summed E-state index contributed by atoms with van der Waals surface area (Å²) in [4.78, 5) is 25.5. The molecule has 20 heavy (non-hydrogen) atoms. The van der Waals surface area contributed by atoms with Crippen molar-refractivity contribution < 1.29 is 14.3 Å². The molecule has 1 aliphatic heterocycles. The third-order valence-electron chi connectivity index (χ3n) is 4.38. The number of rotatable bonds is 4. The van der Waals surface area contributed by atoms with Crippen molar-refractivity contribution in [3.8, 4) is 5.75 Å². The van der Waals surface area contributed by atoms with Crippen LogP contribution in [-0.4, -0.2) is 29.9 Å². The number of piperidine rings is 1. The van der Waals surface area contributed by atoms with Crippen molar-refractivity contribution in [1.82, 2.24) is 4.90 Å². The number of hydrogen-bond donors (Lipinski definition) is 1. The van der Waals surface area contributed by atoms with Gasteiger partial charge < -0.3 is 10.5 Å². The van der Waals surface area contributed by atoms with E-state index < -0.39 is 0 Å². The SMILES string of the molecule is CC1(C)C2C(=O)N(CCOc3ccccc3N)C(=O)C21. The van der Waals surface area contributed by atoms with Gasteiger partial charge in [-0.15, -0.1) is 0 Å². The Hall–Kier alpha value is -2.04. The van der Waals surface area contributed by atoms with E-state index in [1.807, 2.05) is 26.0 Å². The lowest BCUT2D eigenvalue weighted by atomic mass is 10.1. The van der Waals surface area contributed by atoms with Crippen LogP contribution in [0.5, 0.6) is 5.75 Å². The smallest absolute Gasteiger partial charge is 0.233 e. The van der Waals surface area contributed by atoms with Gasteiger partial charge in [-0.05, 0) is 17.5 Å². The average Bonchev–Trinajstić information content (AvgIpc) is 2.87. The molecule has 2 amide bonds. The zero-order chi connectivity index (χ0) is 14.5. The normalized spacial score (nSPS) is 26.6. The Balaban J connectivity index is 1.57. The van der Waals surface area contributed by atoms with Gasteiger partial charge in [0.05, 0.1) is 24.1 Å². The molecule has 3 rings (SSSR count). The molecule has 5 nitrogen and oxygen atoms in total. The number of anilines is 1. The molecule has 2 atom stereocenters. The zero-order valence-corrected chi connectivity index (χ0v) is 11.6. The maximum atomic E-state index is 12.1. The third kappa shape index (κ3) is 1.77. The van der Waals surface area contributed by atoms with Crippen molar-refractivity contribution >= 4 is 17.5 Å². The molecule has 1 aromatic rings. The van der Waals surface area contributed by atoms with Crippen LogP contribution in [0.4, 0.5) is 5.69 Å². The van der Waals surface area contributed by atoms with E-state index in [0.717, 1.165) is 0 Å². The molecule has 2 aliphatic rings. The zero-order valence-electron chi connectivity index (χ0n) is 11.6. The van der Waals surface area contributed by atoms with Gasteiger partial charge in [0.1, 0.15) is 12.4 Å². The van der Waals surface area contributed by atoms with Crippen LogP contribution in [0.3, 0.4) is 0 Å². The molecule has 0 radical (unpaired) electrons. The Labute approximate surface area is 117 Å². The summed E-state index contributed by atoms with van der Waals surface area (Å²) >= 11 is 0. The Kier molecular flexibility index (Phi) is 2.74. The van der Waals surface area contributed by atoms with E-state index in [9.17, 15) is 9.59 Å². The van der Waals surface area contributed by atoms with Gasteiger partial charge in [0.15, 0.2) is 0 Å². The van der Waals surface area contributed by atoms with Crippen LogP contribution >= 0.6 is 0 Å². The number of amides is 2. The van der Waals surface area contributed by atoms with Crippen molar-refractivity contribution in [2.45, 2.75) is 13.8 Å². The molecule has 2 N–H and O–H groups in total. The fourth-order valence-corrected chi connectivity index (χ4v) is 3.08. The Morgan fingerprint density at radius 3 is 2.40 bits per heavy atom. The minimum absolute atomic E-state index is 0.0605. The molecule has 0 spiro atoms. The summed E-state index contributed by atoms with van der Waals surface area (Å²) in [5, 5.41) is 0. The summed E-state index contributed by atoms with van der Waals surface area (Å²) in [6.07, 6.45) is 0. The lowest BCUT2D eigenvalue weighted by Gasteiger charge is -2.20. The van der Waals surface area contributed by atoms with Crippen LogP contribution < -0.4 is 10.5 Å². The van der Waals surface area contributed by atoms with Crippen molar-refractivity contribution in [2.75, 3.05) is 18.9 Å². The van der Waals surface area contributed by atoms with Crippen molar-refractivity contribution in [3.63, 3.8) is 0 Å². The second kappa shape index (κ2) is 4.23. The molecule has 2 unspecified atom stereocenters. The lowest BCUT2D eigenvalue weighted by molar-refractivity contribution is -0.143. The number of nitrogen functional groups attached to an aromatic ring is 1. The third-order valence-corrected chi connectivity index (χ3v) is 4.38. The van der Waals surface area contributed by atoms with Crippen LogP contribution in [0.15, 0.2) is 24.3 Å². The molecule has 1 saturated carbocycles. The number of hydrogen-bond acceptors (Lipinski definition) is 4. The Morgan fingerprint density at radius 2 is 1.80 bits per heavy atom. The van der Waals surface area contributed by atoms with Gasteiger partial charge in [0.2, 0.25) is 11.8 Å². The van der Waals surface area contributed by atoms with Gasteiger partial charge in [0.25, 0.3) is 0 Å². The molecule has 1 heterocycles. The van der Waals surface area contributed by atoms with E-state index in [0.29, 0.717) is 11.4 Å². The number of fused-ring (bicyclic) bond motifs is 1. The summed E-state index contributed by atoms with van der Waals surface area (Å²) in [7, 11) is 0. The van der Waals surface area contributed by atoms with Gasteiger partial charge in [-0.3, -0.25) is 14.5 Å². The van der Waals surface area contributed by atoms with E-state index in [-0.39, 0.29) is 42.2 Å².